The van der Waals surface area contributed by atoms with Crippen LogP contribution < -0.4 is 14.8 Å². The number of carbonyl (C=O) groups excluding carboxylic acids is 1. The minimum atomic E-state index is -0.311. The third kappa shape index (κ3) is 4.16. The highest BCUT2D eigenvalue weighted by atomic mass is 32.2. The average Bonchev–Trinajstić information content (AvgIpc) is 3.02. The Morgan fingerprint density at radius 1 is 1.30 bits per heavy atom. The fourth-order valence-corrected chi connectivity index (χ4v) is 2.57. The summed E-state index contributed by atoms with van der Waals surface area (Å²) in [5.74, 6) is 1.49. The van der Waals surface area contributed by atoms with Gasteiger partial charge >= 0.3 is 0 Å². The molecular formula is C15H19N3O4S. The van der Waals surface area contributed by atoms with Crippen molar-refractivity contribution in [2.24, 2.45) is 0 Å². The summed E-state index contributed by atoms with van der Waals surface area (Å²) in [6.45, 7) is 4.25. The van der Waals surface area contributed by atoms with Gasteiger partial charge in [0.1, 0.15) is 0 Å². The first-order valence-electron chi connectivity index (χ1n) is 7.09. The number of nitrogens with one attached hydrogen (secondary N) is 1. The Balaban J connectivity index is 2.14. The van der Waals surface area contributed by atoms with Crippen LogP contribution in [0.4, 0.5) is 0 Å². The number of aromatic nitrogens is 2. The zero-order chi connectivity index (χ0) is 16.8. The minimum absolute atomic E-state index is 0.0663. The standard InChI is InChI=1S/C15H19N3O4S/c1-5-16-13(19)9(2)23-15-18-17-14(22-15)10-6-7-11(20-3)12(8-10)21-4/h6-9H,5H2,1-4H3,(H,16,19)/t9-/m0/s1. The van der Waals surface area contributed by atoms with Crippen LogP contribution in [-0.4, -0.2) is 42.1 Å². The molecule has 1 aromatic carbocycles. The zero-order valence-corrected chi connectivity index (χ0v) is 14.3. The van der Waals surface area contributed by atoms with Crippen molar-refractivity contribution in [2.75, 3.05) is 20.8 Å². The number of ether oxygens (including phenoxy) is 2. The Hall–Kier alpha value is -2.22. The van der Waals surface area contributed by atoms with Gasteiger partial charge < -0.3 is 19.2 Å². The fraction of sp³-hybridized carbons (Fsp3) is 0.400. The molecule has 1 amide bonds. The van der Waals surface area contributed by atoms with E-state index in [0.29, 0.717) is 34.7 Å². The van der Waals surface area contributed by atoms with Crippen LogP contribution in [0.3, 0.4) is 0 Å². The minimum Gasteiger partial charge on any atom is -0.493 e. The maximum absolute atomic E-state index is 11.7. The molecule has 8 heteroatoms. The molecule has 0 aliphatic carbocycles. The summed E-state index contributed by atoms with van der Waals surface area (Å²) in [7, 11) is 3.13. The van der Waals surface area contributed by atoms with Crippen molar-refractivity contribution < 1.29 is 18.7 Å². The molecule has 0 saturated carbocycles. The lowest BCUT2D eigenvalue weighted by molar-refractivity contribution is -0.120. The summed E-state index contributed by atoms with van der Waals surface area (Å²) in [6, 6.07) is 5.33. The van der Waals surface area contributed by atoms with E-state index < -0.39 is 0 Å². The number of thioether (sulfide) groups is 1. The molecule has 2 rings (SSSR count). The SMILES string of the molecule is CCNC(=O)[C@H](C)Sc1nnc(-c2ccc(OC)c(OC)c2)o1. The highest BCUT2D eigenvalue weighted by Crippen LogP contribution is 2.33. The summed E-state index contributed by atoms with van der Waals surface area (Å²) < 4.78 is 16.1. The van der Waals surface area contributed by atoms with Gasteiger partial charge in [-0.05, 0) is 32.0 Å². The molecular weight excluding hydrogens is 318 g/mol. The van der Waals surface area contributed by atoms with E-state index >= 15 is 0 Å². The lowest BCUT2D eigenvalue weighted by atomic mass is 10.2. The van der Waals surface area contributed by atoms with Gasteiger partial charge in [0, 0.05) is 12.1 Å². The van der Waals surface area contributed by atoms with Crippen molar-refractivity contribution in [3.05, 3.63) is 18.2 Å². The van der Waals surface area contributed by atoms with E-state index in [1.165, 1.54) is 11.8 Å². The van der Waals surface area contributed by atoms with Gasteiger partial charge in [-0.1, -0.05) is 11.8 Å². The molecule has 0 aliphatic heterocycles. The molecule has 0 spiro atoms. The van der Waals surface area contributed by atoms with Crippen LogP contribution in [0.25, 0.3) is 11.5 Å². The van der Waals surface area contributed by atoms with E-state index in [9.17, 15) is 4.79 Å². The molecule has 1 heterocycles. The molecule has 23 heavy (non-hydrogen) atoms. The monoisotopic (exact) mass is 337 g/mol. The Morgan fingerprint density at radius 2 is 2.04 bits per heavy atom. The van der Waals surface area contributed by atoms with Gasteiger partial charge in [0.05, 0.1) is 19.5 Å². The van der Waals surface area contributed by atoms with Gasteiger partial charge in [-0.25, -0.2) is 0 Å². The van der Waals surface area contributed by atoms with Crippen molar-refractivity contribution in [1.29, 1.82) is 0 Å². The summed E-state index contributed by atoms with van der Waals surface area (Å²) in [6.07, 6.45) is 0. The van der Waals surface area contributed by atoms with E-state index in [-0.39, 0.29) is 11.2 Å². The number of rotatable bonds is 7. The molecule has 1 aromatic heterocycles. The predicted molar refractivity (Wildman–Crippen MR) is 86.8 cm³/mol. The first-order valence-corrected chi connectivity index (χ1v) is 7.97. The third-order valence-corrected chi connectivity index (χ3v) is 3.97. The molecule has 1 atom stereocenters. The molecule has 1 N–H and O–H groups in total. The van der Waals surface area contributed by atoms with Crippen LogP contribution in [0.15, 0.2) is 27.8 Å². The Kier molecular flexibility index (Phi) is 5.86. The van der Waals surface area contributed by atoms with Gasteiger partial charge in [-0.2, -0.15) is 0 Å². The van der Waals surface area contributed by atoms with Crippen molar-refractivity contribution in [2.45, 2.75) is 24.3 Å². The second-order valence-electron chi connectivity index (χ2n) is 4.60. The highest BCUT2D eigenvalue weighted by molar-refractivity contribution is 8.00. The molecule has 7 nitrogen and oxygen atoms in total. The second-order valence-corrected chi connectivity index (χ2v) is 5.89. The van der Waals surface area contributed by atoms with Crippen LogP contribution in [0, 0.1) is 0 Å². The van der Waals surface area contributed by atoms with Gasteiger partial charge in [0.25, 0.3) is 5.22 Å². The van der Waals surface area contributed by atoms with Crippen LogP contribution in [-0.2, 0) is 4.79 Å². The molecule has 0 aliphatic rings. The number of hydrogen-bond donors (Lipinski definition) is 1. The third-order valence-electron chi connectivity index (χ3n) is 3.03. The number of carbonyl (C=O) groups is 1. The Labute approximate surface area is 138 Å². The van der Waals surface area contributed by atoms with Gasteiger partial charge in [0.2, 0.25) is 11.8 Å². The van der Waals surface area contributed by atoms with Gasteiger partial charge in [-0.3, -0.25) is 4.79 Å². The lowest BCUT2D eigenvalue weighted by Crippen LogP contribution is -2.30. The first-order chi connectivity index (χ1) is 11.1. The van der Waals surface area contributed by atoms with Crippen molar-refractivity contribution in [3.8, 4) is 23.0 Å². The summed E-state index contributed by atoms with van der Waals surface area (Å²) in [5.41, 5.74) is 0.715. The smallest absolute Gasteiger partial charge is 0.277 e. The Bertz CT molecular complexity index is 674. The summed E-state index contributed by atoms with van der Waals surface area (Å²) in [5, 5.41) is 10.8. The van der Waals surface area contributed by atoms with Crippen LogP contribution in [0.1, 0.15) is 13.8 Å². The maximum atomic E-state index is 11.7. The normalized spacial score (nSPS) is 11.8. The average molecular weight is 337 g/mol. The Morgan fingerprint density at radius 3 is 2.70 bits per heavy atom. The second kappa shape index (κ2) is 7.87. The van der Waals surface area contributed by atoms with Gasteiger partial charge in [-0.15, -0.1) is 10.2 Å². The maximum Gasteiger partial charge on any atom is 0.277 e. The van der Waals surface area contributed by atoms with E-state index in [1.807, 2.05) is 6.92 Å². The molecule has 124 valence electrons. The number of hydrogen-bond acceptors (Lipinski definition) is 7. The van der Waals surface area contributed by atoms with Crippen LogP contribution in [0.5, 0.6) is 11.5 Å². The molecule has 0 saturated heterocycles. The first kappa shape index (κ1) is 17.1. The summed E-state index contributed by atoms with van der Waals surface area (Å²) in [4.78, 5) is 11.7. The van der Waals surface area contributed by atoms with E-state index in [2.05, 4.69) is 15.5 Å². The molecule has 0 fully saturated rings. The number of methoxy groups -OCH3 is 2. The van der Waals surface area contributed by atoms with E-state index in [4.69, 9.17) is 13.9 Å². The van der Waals surface area contributed by atoms with Crippen molar-refractivity contribution >= 4 is 17.7 Å². The lowest BCUT2D eigenvalue weighted by Gasteiger charge is -2.08. The fourth-order valence-electron chi connectivity index (χ4n) is 1.87. The molecule has 2 aromatic rings. The largest absolute Gasteiger partial charge is 0.493 e. The molecule has 0 unspecified atom stereocenters. The molecule has 0 radical (unpaired) electrons. The number of benzene rings is 1. The van der Waals surface area contributed by atoms with Crippen molar-refractivity contribution in [1.82, 2.24) is 15.5 Å². The van der Waals surface area contributed by atoms with Crippen LogP contribution >= 0.6 is 11.8 Å². The topological polar surface area (TPSA) is 86.5 Å². The quantitative estimate of drug-likeness (QED) is 0.776. The summed E-state index contributed by atoms with van der Waals surface area (Å²) >= 11 is 1.22. The number of amides is 1. The van der Waals surface area contributed by atoms with E-state index in [0.717, 1.165) is 0 Å². The number of nitrogens with zero attached hydrogens (tertiary/aromatic N) is 2. The predicted octanol–water partition coefficient (Wildman–Crippen LogP) is 2.37. The van der Waals surface area contributed by atoms with Gasteiger partial charge in [0.15, 0.2) is 11.5 Å². The zero-order valence-electron chi connectivity index (χ0n) is 13.5. The molecule has 0 bridgehead atoms. The van der Waals surface area contributed by atoms with Crippen LogP contribution in [0.2, 0.25) is 0 Å². The van der Waals surface area contributed by atoms with Crippen molar-refractivity contribution in [3.63, 3.8) is 0 Å². The highest BCUT2D eigenvalue weighted by Gasteiger charge is 2.18. The van der Waals surface area contributed by atoms with E-state index in [1.54, 1.807) is 39.3 Å².